The van der Waals surface area contributed by atoms with Crippen LogP contribution in [0.2, 0.25) is 0 Å². The van der Waals surface area contributed by atoms with Gasteiger partial charge in [-0.2, -0.15) is 13.2 Å². The van der Waals surface area contributed by atoms with Gasteiger partial charge in [-0.05, 0) is 48.6 Å². The molecule has 2 saturated carbocycles. The summed E-state index contributed by atoms with van der Waals surface area (Å²) in [5, 5.41) is 5.55. The van der Waals surface area contributed by atoms with Gasteiger partial charge in [0.15, 0.2) is 0 Å². The fraction of sp³-hybridized carbons (Fsp3) is 0.593. The average molecular weight is 545 g/mol. The molecule has 3 aliphatic heterocycles. The number of anilines is 1. The first-order valence-electron chi connectivity index (χ1n) is 13.3. The SMILES string of the molecule is C#[N+][C@@H]1C[C@@]2(CN1C(=O)[C@H](CC1CC1)NC(=O)[C@@H]1CC3(CC3)CN1C(=O)C(F)(F)F)C(=O)Nc1ccccc12. The Bertz CT molecular complexity index is 1300. The number of carbonyl (C=O) groups is 4. The van der Waals surface area contributed by atoms with Crippen molar-refractivity contribution in [1.29, 1.82) is 0 Å². The van der Waals surface area contributed by atoms with Crippen LogP contribution >= 0.6 is 0 Å². The lowest BCUT2D eigenvalue weighted by atomic mass is 9.80. The lowest BCUT2D eigenvalue weighted by molar-refractivity contribution is -0.187. The third kappa shape index (κ3) is 4.32. The minimum Gasteiger partial charge on any atom is -0.342 e. The molecule has 4 fully saturated rings. The summed E-state index contributed by atoms with van der Waals surface area (Å²) in [6, 6.07) is 4.85. The predicted octanol–water partition coefficient (Wildman–Crippen LogP) is 2.63. The van der Waals surface area contributed by atoms with Gasteiger partial charge in [0.1, 0.15) is 17.5 Å². The number of benzene rings is 1. The number of nitrogens with one attached hydrogen (secondary N) is 2. The van der Waals surface area contributed by atoms with Crippen molar-refractivity contribution in [3.05, 3.63) is 34.7 Å². The van der Waals surface area contributed by atoms with E-state index in [1.54, 1.807) is 18.2 Å². The van der Waals surface area contributed by atoms with Gasteiger partial charge in [-0.15, -0.1) is 0 Å². The summed E-state index contributed by atoms with van der Waals surface area (Å²) < 4.78 is 39.9. The third-order valence-electron chi connectivity index (χ3n) is 9.06. The smallest absolute Gasteiger partial charge is 0.342 e. The van der Waals surface area contributed by atoms with Crippen LogP contribution in [0.15, 0.2) is 24.3 Å². The van der Waals surface area contributed by atoms with Crippen LogP contribution in [0.3, 0.4) is 0 Å². The number of halogens is 3. The van der Waals surface area contributed by atoms with Gasteiger partial charge >= 0.3 is 18.2 Å². The zero-order valence-electron chi connectivity index (χ0n) is 21.2. The molecule has 4 atom stereocenters. The summed E-state index contributed by atoms with van der Waals surface area (Å²) in [6.07, 6.45) is -2.26. The Morgan fingerprint density at radius 1 is 1.13 bits per heavy atom. The van der Waals surface area contributed by atoms with Gasteiger partial charge in [-0.3, -0.25) is 24.1 Å². The molecule has 39 heavy (non-hydrogen) atoms. The molecule has 1 aromatic rings. The number of fused-ring (bicyclic) bond motifs is 2. The molecule has 0 radical (unpaired) electrons. The number of hydrogen-bond acceptors (Lipinski definition) is 4. The molecule has 6 rings (SSSR count). The number of carbonyl (C=O) groups excluding carboxylic acids is 4. The first-order valence-corrected chi connectivity index (χ1v) is 13.3. The molecule has 2 aliphatic carbocycles. The molecule has 2 N–H and O–H groups in total. The molecule has 12 heteroatoms. The highest BCUT2D eigenvalue weighted by Crippen LogP contribution is 2.55. The van der Waals surface area contributed by atoms with E-state index in [0.29, 0.717) is 29.8 Å². The first kappa shape index (κ1) is 25.6. The summed E-state index contributed by atoms with van der Waals surface area (Å²) in [6.45, 7) is 5.56. The Balaban J connectivity index is 1.24. The number of rotatable bonds is 5. The van der Waals surface area contributed by atoms with Gasteiger partial charge in [-0.25, -0.2) is 0 Å². The van der Waals surface area contributed by atoms with Crippen molar-refractivity contribution in [3.8, 4) is 6.57 Å². The molecule has 1 aromatic carbocycles. The van der Waals surface area contributed by atoms with Gasteiger partial charge in [-0.1, -0.05) is 35.9 Å². The van der Waals surface area contributed by atoms with Crippen LogP contribution in [-0.2, 0) is 24.6 Å². The number of para-hydroxylation sites is 1. The Morgan fingerprint density at radius 2 is 1.85 bits per heavy atom. The fourth-order valence-electron chi connectivity index (χ4n) is 6.56. The van der Waals surface area contributed by atoms with Crippen molar-refractivity contribution >= 4 is 29.3 Å². The van der Waals surface area contributed by atoms with E-state index in [-0.39, 0.29) is 37.8 Å². The van der Waals surface area contributed by atoms with E-state index in [4.69, 9.17) is 6.57 Å². The molecule has 2 saturated heterocycles. The van der Waals surface area contributed by atoms with Crippen molar-refractivity contribution in [1.82, 2.24) is 15.1 Å². The Morgan fingerprint density at radius 3 is 2.49 bits per heavy atom. The van der Waals surface area contributed by atoms with Crippen molar-refractivity contribution in [2.24, 2.45) is 11.3 Å². The van der Waals surface area contributed by atoms with Gasteiger partial charge in [0.25, 0.3) is 12.5 Å². The molecular weight excluding hydrogens is 515 g/mol. The highest BCUT2D eigenvalue weighted by molar-refractivity contribution is 6.07. The van der Waals surface area contributed by atoms with Crippen LogP contribution in [-0.4, -0.2) is 70.9 Å². The normalized spacial score (nSPS) is 29.2. The standard InChI is InChI=1S/C27H28F3N5O4/c1-31-20-12-26(16-4-2-3-5-17(16)33-23(26)38)14-35(20)22(37)18(10-15-6-7-15)32-21(36)19-11-25(8-9-25)13-34(19)24(39)27(28,29)30/h1-5,15,18-20H,6-14H2,(H-,32,33,36,38)/p+1/t18-,19-,20-,26-/m0/s1. The highest BCUT2D eigenvalue weighted by Gasteiger charge is 2.61. The lowest BCUT2D eigenvalue weighted by Crippen LogP contribution is -2.56. The van der Waals surface area contributed by atoms with E-state index in [0.717, 1.165) is 18.4 Å². The fourth-order valence-corrected chi connectivity index (χ4v) is 6.56. The second-order valence-corrected chi connectivity index (χ2v) is 11.8. The molecule has 5 aliphatic rings. The highest BCUT2D eigenvalue weighted by atomic mass is 19.4. The van der Waals surface area contributed by atoms with Crippen LogP contribution in [0.5, 0.6) is 0 Å². The minimum atomic E-state index is -5.10. The van der Waals surface area contributed by atoms with Crippen LogP contribution in [0.25, 0.3) is 4.85 Å². The molecule has 0 unspecified atom stereocenters. The molecule has 4 amide bonds. The second-order valence-electron chi connectivity index (χ2n) is 11.8. The predicted molar refractivity (Wildman–Crippen MR) is 132 cm³/mol. The van der Waals surface area contributed by atoms with Crippen LogP contribution in [0, 0.1) is 17.9 Å². The molecule has 9 nitrogen and oxygen atoms in total. The number of amides is 4. The van der Waals surface area contributed by atoms with E-state index in [1.165, 1.54) is 4.90 Å². The summed E-state index contributed by atoms with van der Waals surface area (Å²) in [4.78, 5) is 58.4. The molecular formula is C27H29F3N5O4+. The Labute approximate surface area is 222 Å². The third-order valence-corrected chi connectivity index (χ3v) is 9.06. The van der Waals surface area contributed by atoms with Crippen LogP contribution < -0.4 is 10.6 Å². The molecule has 0 bridgehead atoms. The maximum Gasteiger partial charge on any atom is 0.471 e. The van der Waals surface area contributed by atoms with Crippen molar-refractivity contribution in [3.63, 3.8) is 0 Å². The molecule has 0 aromatic heterocycles. The Kier molecular flexibility index (Phi) is 5.72. The number of likely N-dealkylation sites (tertiary alicyclic amines) is 2. The monoisotopic (exact) mass is 544 g/mol. The molecule has 2 spiro atoms. The maximum atomic E-state index is 13.9. The van der Waals surface area contributed by atoms with E-state index in [1.807, 2.05) is 6.07 Å². The molecule has 206 valence electrons. The number of hydrogen-bond donors (Lipinski definition) is 2. The van der Waals surface area contributed by atoms with Crippen LogP contribution in [0.4, 0.5) is 18.9 Å². The van der Waals surface area contributed by atoms with Crippen molar-refractivity contribution < 1.29 is 32.3 Å². The zero-order chi connectivity index (χ0) is 27.7. The summed E-state index contributed by atoms with van der Waals surface area (Å²) in [5.41, 5.74) is -0.121. The molecule has 3 heterocycles. The van der Waals surface area contributed by atoms with E-state index in [2.05, 4.69) is 15.5 Å². The van der Waals surface area contributed by atoms with Gasteiger partial charge < -0.3 is 15.5 Å². The second kappa shape index (κ2) is 8.69. The zero-order valence-corrected chi connectivity index (χ0v) is 21.2. The van der Waals surface area contributed by atoms with Crippen molar-refractivity contribution in [2.75, 3.05) is 18.4 Å². The average Bonchev–Trinajstić information content (AvgIpc) is 3.76. The van der Waals surface area contributed by atoms with E-state index < -0.39 is 53.0 Å². The van der Waals surface area contributed by atoms with E-state index >= 15 is 0 Å². The minimum absolute atomic E-state index is 0.00229. The lowest BCUT2D eigenvalue weighted by Gasteiger charge is -2.28. The van der Waals surface area contributed by atoms with E-state index in [9.17, 15) is 32.3 Å². The number of alkyl halides is 3. The van der Waals surface area contributed by atoms with Gasteiger partial charge in [0.05, 0.1) is 6.42 Å². The quantitative estimate of drug-likeness (QED) is 0.595. The number of nitrogens with zero attached hydrogens (tertiary/aromatic N) is 3. The van der Waals surface area contributed by atoms with Crippen molar-refractivity contribution in [2.45, 2.75) is 74.8 Å². The van der Waals surface area contributed by atoms with Gasteiger partial charge in [0, 0.05) is 18.8 Å². The summed E-state index contributed by atoms with van der Waals surface area (Å²) in [5.74, 6) is -3.38. The largest absolute Gasteiger partial charge is 0.471 e. The van der Waals surface area contributed by atoms with Gasteiger partial charge in [0.2, 0.25) is 11.8 Å². The first-order chi connectivity index (χ1) is 18.5. The summed E-state index contributed by atoms with van der Waals surface area (Å²) >= 11 is 0. The topological polar surface area (TPSA) is 103 Å². The Hall–Kier alpha value is -3.62. The van der Waals surface area contributed by atoms with Crippen LogP contribution in [0.1, 0.15) is 50.5 Å². The maximum absolute atomic E-state index is 13.9. The summed E-state index contributed by atoms with van der Waals surface area (Å²) in [7, 11) is 0.